The SMILES string of the molecule is O=C(O)c1c(-c2ccc[nH]c2=O)c2c3occc3c(F)cc2n1Cc1cc2[nH]c(=O)oc2cc1F. The molecule has 0 amide bonds. The normalized spacial score (nSPS) is 11.7. The highest BCUT2D eigenvalue weighted by Gasteiger charge is 2.29. The Morgan fingerprint density at radius 1 is 1.11 bits per heavy atom. The Bertz CT molecular complexity index is 1940. The summed E-state index contributed by atoms with van der Waals surface area (Å²) < 4.78 is 41.5. The number of aromatic carboxylic acids is 1. The maximum absolute atomic E-state index is 15.0. The van der Waals surface area contributed by atoms with E-state index in [4.69, 9.17) is 8.83 Å². The fourth-order valence-electron chi connectivity index (χ4n) is 4.48. The number of nitrogens with zero attached hydrogens (tertiary/aromatic N) is 1. The quantitative estimate of drug-likeness (QED) is 0.348. The number of halogens is 2. The van der Waals surface area contributed by atoms with E-state index >= 15 is 0 Å². The summed E-state index contributed by atoms with van der Waals surface area (Å²) in [6.45, 7) is -0.358. The number of benzene rings is 2. The zero-order chi connectivity index (χ0) is 24.4. The van der Waals surface area contributed by atoms with Gasteiger partial charge in [-0.25, -0.2) is 18.4 Å². The van der Waals surface area contributed by atoms with Gasteiger partial charge in [-0.2, -0.15) is 0 Å². The number of furan rings is 1. The minimum atomic E-state index is -1.42. The maximum Gasteiger partial charge on any atom is 0.417 e. The predicted molar refractivity (Wildman–Crippen MR) is 121 cm³/mol. The molecule has 3 N–H and O–H groups in total. The van der Waals surface area contributed by atoms with Crippen molar-refractivity contribution in [3.05, 3.63) is 92.7 Å². The minimum Gasteiger partial charge on any atom is -0.477 e. The van der Waals surface area contributed by atoms with Gasteiger partial charge in [-0.3, -0.25) is 9.78 Å². The van der Waals surface area contributed by atoms with Crippen molar-refractivity contribution in [1.29, 1.82) is 0 Å². The summed E-state index contributed by atoms with van der Waals surface area (Å²) in [6, 6.07) is 7.79. The number of oxazole rings is 1. The molecule has 4 aromatic heterocycles. The Balaban J connectivity index is 1.74. The third kappa shape index (κ3) is 3.01. The predicted octanol–water partition coefficient (Wildman–Crippen LogP) is 4.20. The van der Waals surface area contributed by atoms with Crippen molar-refractivity contribution in [2.75, 3.05) is 0 Å². The van der Waals surface area contributed by atoms with Gasteiger partial charge in [-0.05, 0) is 30.3 Å². The lowest BCUT2D eigenvalue weighted by Gasteiger charge is -2.10. The van der Waals surface area contributed by atoms with Crippen LogP contribution in [0, 0.1) is 11.6 Å². The Morgan fingerprint density at radius 2 is 1.94 bits per heavy atom. The summed E-state index contributed by atoms with van der Waals surface area (Å²) >= 11 is 0. The standard InChI is InChI=1S/C24H13F2N3O6/c25-13-8-17-15(28-24(33)35-17)6-10(13)9-29-16-7-14(26)11-3-5-34-21(11)19(16)18(20(29)23(31)32)12-2-1-4-27-22(12)30/h1-8H,9H2,(H,27,30)(H,28,33)(H,31,32). The van der Waals surface area contributed by atoms with Crippen LogP contribution < -0.4 is 11.3 Å². The van der Waals surface area contributed by atoms with Crippen molar-refractivity contribution in [3.8, 4) is 11.1 Å². The smallest absolute Gasteiger partial charge is 0.417 e. The van der Waals surface area contributed by atoms with Gasteiger partial charge in [0, 0.05) is 23.4 Å². The molecule has 11 heteroatoms. The van der Waals surface area contributed by atoms with Crippen LogP contribution in [0.3, 0.4) is 0 Å². The van der Waals surface area contributed by atoms with Gasteiger partial charge in [-0.1, -0.05) is 0 Å². The molecular formula is C24H13F2N3O6. The number of fused-ring (bicyclic) bond motifs is 4. The average molecular weight is 477 g/mol. The van der Waals surface area contributed by atoms with Crippen molar-refractivity contribution >= 4 is 38.9 Å². The van der Waals surface area contributed by atoms with Gasteiger partial charge in [0.2, 0.25) is 0 Å². The van der Waals surface area contributed by atoms with Gasteiger partial charge in [0.05, 0.1) is 40.2 Å². The molecule has 9 nitrogen and oxygen atoms in total. The maximum atomic E-state index is 15.0. The number of aromatic amines is 2. The first kappa shape index (κ1) is 20.7. The molecule has 0 aliphatic heterocycles. The molecular weight excluding hydrogens is 464 g/mol. The lowest BCUT2D eigenvalue weighted by Crippen LogP contribution is -2.14. The number of pyridine rings is 1. The summed E-state index contributed by atoms with van der Waals surface area (Å²) in [7, 11) is 0. The molecule has 0 aliphatic rings. The van der Waals surface area contributed by atoms with Crippen LogP contribution in [0.1, 0.15) is 16.1 Å². The van der Waals surface area contributed by atoms with Gasteiger partial charge in [0.1, 0.15) is 22.9 Å². The number of carboxylic acids is 1. The Labute approximate surface area is 191 Å². The van der Waals surface area contributed by atoms with Crippen LogP contribution in [0.25, 0.3) is 44.1 Å². The van der Waals surface area contributed by atoms with E-state index in [-0.39, 0.29) is 61.9 Å². The summed E-state index contributed by atoms with van der Waals surface area (Å²) in [5.41, 5.74) is -0.564. The number of carboxylic acid groups (broad SMARTS) is 1. The zero-order valence-corrected chi connectivity index (χ0v) is 17.5. The molecule has 0 unspecified atom stereocenters. The number of hydrogen-bond donors (Lipinski definition) is 3. The molecule has 0 radical (unpaired) electrons. The number of nitrogens with one attached hydrogen (secondary N) is 2. The first-order valence-corrected chi connectivity index (χ1v) is 10.3. The highest BCUT2D eigenvalue weighted by atomic mass is 19.1. The fraction of sp³-hybridized carbons (Fsp3) is 0.0417. The molecule has 0 atom stereocenters. The van der Waals surface area contributed by atoms with E-state index in [1.54, 1.807) is 0 Å². The topological polar surface area (TPSA) is 134 Å². The van der Waals surface area contributed by atoms with Crippen LogP contribution in [0.5, 0.6) is 0 Å². The van der Waals surface area contributed by atoms with Crippen molar-refractivity contribution in [3.63, 3.8) is 0 Å². The van der Waals surface area contributed by atoms with E-state index in [2.05, 4.69) is 9.97 Å². The van der Waals surface area contributed by atoms with Crippen LogP contribution in [-0.2, 0) is 6.54 Å². The van der Waals surface area contributed by atoms with E-state index in [0.29, 0.717) is 0 Å². The molecule has 0 saturated heterocycles. The fourth-order valence-corrected chi connectivity index (χ4v) is 4.48. The molecule has 0 bridgehead atoms. The Kier molecular flexibility index (Phi) is 4.30. The Morgan fingerprint density at radius 3 is 2.71 bits per heavy atom. The van der Waals surface area contributed by atoms with E-state index < -0.39 is 28.9 Å². The third-order valence-corrected chi connectivity index (χ3v) is 5.92. The average Bonchev–Trinajstić information content (AvgIpc) is 3.50. The van der Waals surface area contributed by atoms with E-state index in [0.717, 1.165) is 12.1 Å². The van der Waals surface area contributed by atoms with Crippen LogP contribution in [0.15, 0.2) is 67.3 Å². The number of carbonyl (C=O) groups is 1. The van der Waals surface area contributed by atoms with Crippen LogP contribution in [0.4, 0.5) is 8.78 Å². The molecule has 0 aliphatic carbocycles. The molecule has 2 aromatic carbocycles. The summed E-state index contributed by atoms with van der Waals surface area (Å²) in [5.74, 6) is -3.64. The molecule has 0 spiro atoms. The van der Waals surface area contributed by atoms with Crippen molar-refractivity contribution in [2.45, 2.75) is 6.54 Å². The lowest BCUT2D eigenvalue weighted by molar-refractivity contribution is 0.0687. The van der Waals surface area contributed by atoms with Gasteiger partial charge in [0.25, 0.3) is 5.56 Å². The Hall–Kier alpha value is -4.93. The van der Waals surface area contributed by atoms with E-state index in [1.165, 1.54) is 41.3 Å². The molecule has 0 saturated carbocycles. The molecule has 6 rings (SSSR count). The number of hydrogen-bond acceptors (Lipinski definition) is 5. The molecule has 6 aromatic rings. The summed E-state index contributed by atoms with van der Waals surface area (Å²) in [5, 5.41) is 10.5. The van der Waals surface area contributed by atoms with Crippen LogP contribution >= 0.6 is 0 Å². The second-order valence-electron chi connectivity index (χ2n) is 7.90. The summed E-state index contributed by atoms with van der Waals surface area (Å²) in [4.78, 5) is 41.6. The monoisotopic (exact) mass is 477 g/mol. The van der Waals surface area contributed by atoms with Crippen LogP contribution in [-0.4, -0.2) is 25.6 Å². The number of rotatable bonds is 4. The van der Waals surface area contributed by atoms with E-state index in [1.807, 2.05) is 0 Å². The molecule has 35 heavy (non-hydrogen) atoms. The van der Waals surface area contributed by atoms with E-state index in [9.17, 15) is 28.3 Å². The highest BCUT2D eigenvalue weighted by molar-refractivity contribution is 6.17. The zero-order valence-electron chi connectivity index (χ0n) is 17.5. The second kappa shape index (κ2) is 7.29. The largest absolute Gasteiger partial charge is 0.477 e. The van der Waals surface area contributed by atoms with Crippen molar-refractivity contribution in [2.24, 2.45) is 0 Å². The first-order chi connectivity index (χ1) is 16.8. The summed E-state index contributed by atoms with van der Waals surface area (Å²) in [6.07, 6.45) is 2.65. The lowest BCUT2D eigenvalue weighted by atomic mass is 10.0. The van der Waals surface area contributed by atoms with Crippen LogP contribution in [0.2, 0.25) is 0 Å². The van der Waals surface area contributed by atoms with Crippen molar-refractivity contribution in [1.82, 2.24) is 14.5 Å². The second-order valence-corrected chi connectivity index (χ2v) is 7.90. The van der Waals surface area contributed by atoms with Gasteiger partial charge >= 0.3 is 11.7 Å². The minimum absolute atomic E-state index is 0.00224. The van der Waals surface area contributed by atoms with Gasteiger partial charge in [0.15, 0.2) is 5.58 Å². The number of aromatic nitrogens is 3. The van der Waals surface area contributed by atoms with Gasteiger partial charge in [-0.15, -0.1) is 0 Å². The third-order valence-electron chi connectivity index (χ3n) is 5.92. The molecule has 0 fully saturated rings. The molecule has 4 heterocycles. The van der Waals surface area contributed by atoms with Gasteiger partial charge < -0.3 is 23.5 Å². The highest BCUT2D eigenvalue weighted by Crippen LogP contribution is 2.40. The number of H-pyrrole nitrogens is 2. The first-order valence-electron chi connectivity index (χ1n) is 10.3. The van der Waals surface area contributed by atoms with Crippen molar-refractivity contribution < 1.29 is 27.5 Å². The molecule has 174 valence electrons.